The molecule has 0 aliphatic rings. The van der Waals surface area contributed by atoms with Crippen molar-refractivity contribution in [3.63, 3.8) is 0 Å². The van der Waals surface area contributed by atoms with E-state index in [1.54, 1.807) is 36.5 Å². The summed E-state index contributed by atoms with van der Waals surface area (Å²) in [6, 6.07) is 8.73. The fourth-order valence-electron chi connectivity index (χ4n) is 1.22. The molecule has 2 aromatic rings. The first-order valence-corrected chi connectivity index (χ1v) is 5.72. The van der Waals surface area contributed by atoms with Gasteiger partial charge in [-0.25, -0.2) is 4.98 Å². The Bertz CT molecular complexity index is 518. The highest BCUT2D eigenvalue weighted by Gasteiger charge is 2.07. The largest absolute Gasteiger partial charge is 0.345 e. The van der Waals surface area contributed by atoms with Gasteiger partial charge in [0.2, 0.25) is 0 Å². The molecule has 2 aromatic heterocycles. The maximum atomic E-state index is 11.7. The summed E-state index contributed by atoms with van der Waals surface area (Å²) in [5.41, 5.74) is 1.07. The van der Waals surface area contributed by atoms with Crippen LogP contribution in [-0.2, 0) is 6.54 Å². The Kier molecular flexibility index (Phi) is 3.77. The fourth-order valence-corrected chi connectivity index (χ4v) is 1.57. The lowest BCUT2D eigenvalue weighted by atomic mass is 10.3. The summed E-state index contributed by atoms with van der Waals surface area (Å²) in [5, 5.41) is 10.3. The molecule has 0 bridgehead atoms. The van der Waals surface area contributed by atoms with Gasteiger partial charge in [0.25, 0.3) is 5.91 Å². The molecule has 0 atom stereocenters. The maximum Gasteiger partial charge on any atom is 0.270 e. The van der Waals surface area contributed by atoms with Gasteiger partial charge in [0.1, 0.15) is 10.3 Å². The molecule has 17 heavy (non-hydrogen) atoms. The number of hydrogen-bond donors (Lipinski definition) is 1. The van der Waals surface area contributed by atoms with Gasteiger partial charge in [0, 0.05) is 6.20 Å². The molecule has 0 saturated carbocycles. The van der Waals surface area contributed by atoms with Gasteiger partial charge < -0.3 is 5.32 Å². The van der Waals surface area contributed by atoms with E-state index in [0.717, 1.165) is 0 Å². The molecule has 0 fully saturated rings. The zero-order valence-corrected chi connectivity index (χ0v) is 10.4. The Morgan fingerprint density at radius 3 is 2.88 bits per heavy atom. The monoisotopic (exact) mass is 292 g/mol. The van der Waals surface area contributed by atoms with Crippen molar-refractivity contribution in [1.82, 2.24) is 20.5 Å². The summed E-state index contributed by atoms with van der Waals surface area (Å²) in [6.45, 7) is 0.334. The summed E-state index contributed by atoms with van der Waals surface area (Å²) >= 11 is 3.21. The zero-order chi connectivity index (χ0) is 12.1. The van der Waals surface area contributed by atoms with Crippen LogP contribution in [0.4, 0.5) is 0 Å². The lowest BCUT2D eigenvalue weighted by molar-refractivity contribution is 0.0945. The average molecular weight is 293 g/mol. The van der Waals surface area contributed by atoms with E-state index in [1.807, 2.05) is 0 Å². The molecule has 86 valence electrons. The third-order valence-electron chi connectivity index (χ3n) is 2.01. The van der Waals surface area contributed by atoms with Crippen LogP contribution in [0, 0.1) is 0 Å². The summed E-state index contributed by atoms with van der Waals surface area (Å²) < 4.78 is 0.629. The number of carbonyl (C=O) groups is 1. The van der Waals surface area contributed by atoms with E-state index in [9.17, 15) is 4.79 Å². The molecule has 6 heteroatoms. The Morgan fingerprint density at radius 2 is 2.18 bits per heavy atom. The predicted molar refractivity (Wildman–Crippen MR) is 65.1 cm³/mol. The van der Waals surface area contributed by atoms with Crippen LogP contribution in [0.2, 0.25) is 0 Å². The van der Waals surface area contributed by atoms with Crippen LogP contribution in [0.15, 0.2) is 41.1 Å². The summed E-state index contributed by atoms with van der Waals surface area (Å²) in [6.07, 6.45) is 1.58. The number of aromatic nitrogens is 3. The van der Waals surface area contributed by atoms with Crippen LogP contribution >= 0.6 is 15.9 Å². The summed E-state index contributed by atoms with van der Waals surface area (Å²) in [7, 11) is 0. The van der Waals surface area contributed by atoms with Crippen LogP contribution < -0.4 is 5.32 Å². The van der Waals surface area contributed by atoms with Crippen LogP contribution in [0.25, 0.3) is 0 Å². The number of pyridine rings is 1. The molecular weight excluding hydrogens is 284 g/mol. The van der Waals surface area contributed by atoms with Crippen molar-refractivity contribution in [2.24, 2.45) is 0 Å². The first-order valence-electron chi connectivity index (χ1n) is 4.93. The molecule has 2 heterocycles. The zero-order valence-electron chi connectivity index (χ0n) is 8.80. The minimum absolute atomic E-state index is 0.239. The number of nitrogens with one attached hydrogen (secondary N) is 1. The van der Waals surface area contributed by atoms with Gasteiger partial charge in [0.15, 0.2) is 0 Å². The van der Waals surface area contributed by atoms with Gasteiger partial charge in [0.05, 0.1) is 12.2 Å². The van der Waals surface area contributed by atoms with Gasteiger partial charge >= 0.3 is 0 Å². The molecule has 0 aliphatic heterocycles. The van der Waals surface area contributed by atoms with E-state index >= 15 is 0 Å². The first kappa shape index (κ1) is 11.7. The molecule has 1 amide bonds. The van der Waals surface area contributed by atoms with Crippen molar-refractivity contribution in [2.45, 2.75) is 6.54 Å². The van der Waals surface area contributed by atoms with Gasteiger partial charge in [-0.15, -0.1) is 0 Å². The Hall–Kier alpha value is -1.82. The van der Waals surface area contributed by atoms with Crippen molar-refractivity contribution < 1.29 is 4.79 Å². The molecule has 0 radical (unpaired) electrons. The molecule has 0 unspecified atom stereocenters. The minimum Gasteiger partial charge on any atom is -0.345 e. The van der Waals surface area contributed by atoms with Gasteiger partial charge in [-0.1, -0.05) is 6.07 Å². The first-order chi connectivity index (χ1) is 8.25. The summed E-state index contributed by atoms with van der Waals surface area (Å²) in [4.78, 5) is 15.8. The normalized spacial score (nSPS) is 9.94. The van der Waals surface area contributed by atoms with E-state index < -0.39 is 0 Å². The third kappa shape index (κ3) is 3.32. The number of halogens is 1. The highest BCUT2D eigenvalue weighted by atomic mass is 79.9. The van der Waals surface area contributed by atoms with E-state index in [-0.39, 0.29) is 5.91 Å². The van der Waals surface area contributed by atoms with Crippen molar-refractivity contribution in [3.8, 4) is 0 Å². The lowest BCUT2D eigenvalue weighted by Crippen LogP contribution is -2.24. The molecule has 2 rings (SSSR count). The average Bonchev–Trinajstić information content (AvgIpc) is 2.37. The van der Waals surface area contributed by atoms with Crippen molar-refractivity contribution in [1.29, 1.82) is 0 Å². The second-order valence-electron chi connectivity index (χ2n) is 3.24. The second-order valence-corrected chi connectivity index (χ2v) is 4.06. The number of amides is 1. The Morgan fingerprint density at radius 1 is 1.29 bits per heavy atom. The van der Waals surface area contributed by atoms with E-state index in [1.165, 1.54) is 0 Å². The minimum atomic E-state index is -0.239. The van der Waals surface area contributed by atoms with Crippen molar-refractivity contribution >= 4 is 21.8 Å². The SMILES string of the molecule is O=C(NCc1cccnn1)c1cccc(Br)n1. The second kappa shape index (κ2) is 5.49. The number of nitrogens with zero attached hydrogens (tertiary/aromatic N) is 3. The standard InChI is InChI=1S/C11H9BrN4O/c12-10-5-1-4-9(15-10)11(17)13-7-8-3-2-6-14-16-8/h1-6H,7H2,(H,13,17). The molecule has 1 N–H and O–H groups in total. The van der Waals surface area contributed by atoms with Crippen LogP contribution in [-0.4, -0.2) is 21.1 Å². The molecular formula is C11H9BrN4O. The Balaban J connectivity index is 1.98. The number of carbonyl (C=O) groups excluding carboxylic acids is 1. The lowest BCUT2D eigenvalue weighted by Gasteiger charge is -2.03. The van der Waals surface area contributed by atoms with Gasteiger partial charge in [-0.05, 0) is 40.2 Å². The number of hydrogen-bond acceptors (Lipinski definition) is 4. The van der Waals surface area contributed by atoms with Gasteiger partial charge in [-0.3, -0.25) is 4.79 Å². The van der Waals surface area contributed by atoms with E-state index in [0.29, 0.717) is 22.5 Å². The highest BCUT2D eigenvalue weighted by Crippen LogP contribution is 2.06. The van der Waals surface area contributed by atoms with Crippen LogP contribution in [0.1, 0.15) is 16.2 Å². The topological polar surface area (TPSA) is 67.8 Å². The van der Waals surface area contributed by atoms with E-state index in [2.05, 4.69) is 36.4 Å². The van der Waals surface area contributed by atoms with Gasteiger partial charge in [-0.2, -0.15) is 10.2 Å². The predicted octanol–water partition coefficient (Wildman–Crippen LogP) is 1.56. The van der Waals surface area contributed by atoms with Crippen LogP contribution in [0.5, 0.6) is 0 Å². The highest BCUT2D eigenvalue weighted by molar-refractivity contribution is 9.10. The van der Waals surface area contributed by atoms with Crippen molar-refractivity contribution in [2.75, 3.05) is 0 Å². The number of rotatable bonds is 3. The molecule has 0 aromatic carbocycles. The van der Waals surface area contributed by atoms with E-state index in [4.69, 9.17) is 0 Å². The van der Waals surface area contributed by atoms with Crippen molar-refractivity contribution in [3.05, 3.63) is 52.5 Å². The summed E-state index contributed by atoms with van der Waals surface area (Å²) in [5.74, 6) is -0.239. The molecule has 0 saturated heterocycles. The fraction of sp³-hybridized carbons (Fsp3) is 0.0909. The molecule has 5 nitrogen and oxygen atoms in total. The smallest absolute Gasteiger partial charge is 0.270 e. The maximum absolute atomic E-state index is 11.7. The Labute approximate surface area is 106 Å². The molecule has 0 aliphatic carbocycles. The van der Waals surface area contributed by atoms with Crippen LogP contribution in [0.3, 0.4) is 0 Å². The molecule has 0 spiro atoms. The third-order valence-corrected chi connectivity index (χ3v) is 2.45. The quantitative estimate of drug-likeness (QED) is 0.872.